The van der Waals surface area contributed by atoms with Crippen LogP contribution in [-0.4, -0.2) is 47.0 Å². The molecule has 6 heteroatoms. The van der Waals surface area contributed by atoms with Crippen LogP contribution < -0.4 is 4.90 Å². The van der Waals surface area contributed by atoms with Crippen molar-refractivity contribution < 1.29 is 9.18 Å². The van der Waals surface area contributed by atoms with Gasteiger partial charge in [-0.15, -0.1) is 0 Å². The SMILES string of the molecule is O=C(C1CCCN(c2ncc(-c3ccc(F)cc3)cn2)C1)N1CCCC1. The molecule has 136 valence electrons. The fourth-order valence-corrected chi connectivity index (χ4v) is 3.83. The lowest BCUT2D eigenvalue weighted by molar-refractivity contribution is -0.134. The Bertz CT molecular complexity index is 756. The molecule has 3 heterocycles. The molecule has 2 aliphatic rings. The van der Waals surface area contributed by atoms with Crippen molar-refractivity contribution in [2.45, 2.75) is 25.7 Å². The number of hydrogen-bond donors (Lipinski definition) is 0. The van der Waals surface area contributed by atoms with Crippen LogP contribution in [0.3, 0.4) is 0 Å². The molecule has 0 N–H and O–H groups in total. The van der Waals surface area contributed by atoms with Crippen LogP contribution in [0.15, 0.2) is 36.7 Å². The average molecular weight is 354 g/mol. The fourth-order valence-electron chi connectivity index (χ4n) is 3.83. The minimum atomic E-state index is -0.256. The van der Waals surface area contributed by atoms with Crippen LogP contribution >= 0.6 is 0 Å². The molecule has 0 bridgehead atoms. The highest BCUT2D eigenvalue weighted by molar-refractivity contribution is 5.80. The first-order valence-electron chi connectivity index (χ1n) is 9.32. The number of carbonyl (C=O) groups excluding carboxylic acids is 1. The van der Waals surface area contributed by atoms with Crippen LogP contribution in [0.4, 0.5) is 10.3 Å². The average Bonchev–Trinajstić information content (AvgIpc) is 3.23. The predicted molar refractivity (Wildman–Crippen MR) is 98.2 cm³/mol. The lowest BCUT2D eigenvalue weighted by atomic mass is 9.97. The van der Waals surface area contributed by atoms with Gasteiger partial charge in [-0.1, -0.05) is 12.1 Å². The smallest absolute Gasteiger partial charge is 0.227 e. The zero-order valence-corrected chi connectivity index (χ0v) is 14.8. The second kappa shape index (κ2) is 7.40. The van der Waals surface area contributed by atoms with Gasteiger partial charge >= 0.3 is 0 Å². The molecule has 26 heavy (non-hydrogen) atoms. The van der Waals surface area contributed by atoms with Gasteiger partial charge in [-0.25, -0.2) is 14.4 Å². The Hall–Kier alpha value is -2.50. The van der Waals surface area contributed by atoms with E-state index in [1.807, 2.05) is 4.90 Å². The number of halogens is 1. The predicted octanol–water partition coefficient (Wildman–Crippen LogP) is 3.12. The maximum atomic E-state index is 13.1. The molecule has 1 aromatic carbocycles. The van der Waals surface area contributed by atoms with E-state index in [2.05, 4.69) is 14.9 Å². The summed E-state index contributed by atoms with van der Waals surface area (Å²) in [5, 5.41) is 0. The summed E-state index contributed by atoms with van der Waals surface area (Å²) in [5.74, 6) is 0.737. The van der Waals surface area contributed by atoms with E-state index in [9.17, 15) is 9.18 Å². The number of amides is 1. The number of hydrogen-bond acceptors (Lipinski definition) is 4. The zero-order valence-electron chi connectivity index (χ0n) is 14.8. The monoisotopic (exact) mass is 354 g/mol. The van der Waals surface area contributed by atoms with Crippen LogP contribution in [0.5, 0.6) is 0 Å². The summed E-state index contributed by atoms with van der Waals surface area (Å²) in [5.41, 5.74) is 1.74. The van der Waals surface area contributed by atoms with Gasteiger partial charge in [0, 0.05) is 44.1 Å². The van der Waals surface area contributed by atoms with E-state index in [1.54, 1.807) is 24.5 Å². The normalized spacial score (nSPS) is 20.4. The lowest BCUT2D eigenvalue weighted by Crippen LogP contribution is -2.44. The summed E-state index contributed by atoms with van der Waals surface area (Å²) in [6.45, 7) is 3.36. The van der Waals surface area contributed by atoms with Crippen molar-refractivity contribution in [3.8, 4) is 11.1 Å². The number of rotatable bonds is 3. The van der Waals surface area contributed by atoms with Crippen molar-refractivity contribution in [2.75, 3.05) is 31.1 Å². The van der Waals surface area contributed by atoms with Crippen molar-refractivity contribution >= 4 is 11.9 Å². The number of piperidine rings is 1. The van der Waals surface area contributed by atoms with Gasteiger partial charge in [0.1, 0.15) is 5.82 Å². The molecule has 2 saturated heterocycles. The Labute approximate surface area is 152 Å². The number of carbonyl (C=O) groups is 1. The van der Waals surface area contributed by atoms with Gasteiger partial charge in [0.15, 0.2) is 0 Å². The maximum absolute atomic E-state index is 13.1. The van der Waals surface area contributed by atoms with Gasteiger partial charge in [-0.05, 0) is 43.4 Å². The number of likely N-dealkylation sites (tertiary alicyclic amines) is 1. The third kappa shape index (κ3) is 3.54. The van der Waals surface area contributed by atoms with Crippen LogP contribution in [-0.2, 0) is 4.79 Å². The lowest BCUT2D eigenvalue weighted by Gasteiger charge is -2.33. The molecule has 5 nitrogen and oxygen atoms in total. The third-order valence-electron chi connectivity index (χ3n) is 5.29. The fraction of sp³-hybridized carbons (Fsp3) is 0.450. The van der Waals surface area contributed by atoms with Gasteiger partial charge in [-0.3, -0.25) is 4.79 Å². The molecular weight excluding hydrogens is 331 g/mol. The summed E-state index contributed by atoms with van der Waals surface area (Å²) in [4.78, 5) is 25.8. The molecule has 0 spiro atoms. The molecule has 1 unspecified atom stereocenters. The first kappa shape index (κ1) is 16.9. The summed E-state index contributed by atoms with van der Waals surface area (Å²) in [7, 11) is 0. The summed E-state index contributed by atoms with van der Waals surface area (Å²) in [6.07, 6.45) is 7.70. The Kier molecular flexibility index (Phi) is 4.82. The summed E-state index contributed by atoms with van der Waals surface area (Å²) in [6, 6.07) is 6.31. The molecule has 2 aromatic rings. The molecule has 1 amide bonds. The minimum absolute atomic E-state index is 0.0437. The van der Waals surface area contributed by atoms with Crippen molar-refractivity contribution in [3.05, 3.63) is 42.5 Å². The van der Waals surface area contributed by atoms with Crippen LogP contribution in [0.25, 0.3) is 11.1 Å². The largest absolute Gasteiger partial charge is 0.342 e. The second-order valence-corrected chi connectivity index (χ2v) is 7.10. The van der Waals surface area contributed by atoms with Gasteiger partial charge in [-0.2, -0.15) is 0 Å². The van der Waals surface area contributed by atoms with Gasteiger partial charge < -0.3 is 9.80 Å². The van der Waals surface area contributed by atoms with Gasteiger partial charge in [0.25, 0.3) is 0 Å². The minimum Gasteiger partial charge on any atom is -0.342 e. The van der Waals surface area contributed by atoms with Crippen molar-refractivity contribution in [3.63, 3.8) is 0 Å². The van der Waals surface area contributed by atoms with E-state index in [4.69, 9.17) is 0 Å². The van der Waals surface area contributed by atoms with Crippen molar-refractivity contribution in [1.82, 2.24) is 14.9 Å². The molecule has 2 aliphatic heterocycles. The first-order valence-corrected chi connectivity index (χ1v) is 9.32. The van der Waals surface area contributed by atoms with Gasteiger partial charge in [0.2, 0.25) is 11.9 Å². The number of anilines is 1. The highest BCUT2D eigenvalue weighted by Crippen LogP contribution is 2.25. The van der Waals surface area contributed by atoms with Crippen molar-refractivity contribution in [2.24, 2.45) is 5.92 Å². The van der Waals surface area contributed by atoms with Crippen LogP contribution in [0, 0.1) is 11.7 Å². The third-order valence-corrected chi connectivity index (χ3v) is 5.29. The Balaban J connectivity index is 1.45. The molecule has 0 aliphatic carbocycles. The molecule has 0 radical (unpaired) electrons. The summed E-state index contributed by atoms with van der Waals surface area (Å²) < 4.78 is 13.1. The van der Waals surface area contributed by atoms with Crippen LogP contribution in [0.1, 0.15) is 25.7 Å². The first-order chi connectivity index (χ1) is 12.7. The highest BCUT2D eigenvalue weighted by Gasteiger charge is 2.31. The van der Waals surface area contributed by atoms with E-state index in [1.165, 1.54) is 12.1 Å². The quantitative estimate of drug-likeness (QED) is 0.850. The van der Waals surface area contributed by atoms with E-state index >= 15 is 0 Å². The van der Waals surface area contributed by atoms with E-state index in [-0.39, 0.29) is 17.6 Å². The Morgan fingerprint density at radius 2 is 1.65 bits per heavy atom. The number of benzene rings is 1. The number of nitrogens with zero attached hydrogens (tertiary/aromatic N) is 4. The number of aromatic nitrogens is 2. The second-order valence-electron chi connectivity index (χ2n) is 7.10. The Morgan fingerprint density at radius 1 is 0.962 bits per heavy atom. The molecule has 2 fully saturated rings. The Morgan fingerprint density at radius 3 is 2.35 bits per heavy atom. The van der Waals surface area contributed by atoms with E-state index in [0.717, 1.165) is 56.4 Å². The molecule has 4 rings (SSSR count). The zero-order chi connectivity index (χ0) is 17.9. The topological polar surface area (TPSA) is 49.3 Å². The summed E-state index contributed by atoms with van der Waals surface area (Å²) >= 11 is 0. The maximum Gasteiger partial charge on any atom is 0.227 e. The molecule has 1 aromatic heterocycles. The van der Waals surface area contributed by atoms with E-state index < -0.39 is 0 Å². The van der Waals surface area contributed by atoms with E-state index in [0.29, 0.717) is 12.5 Å². The molecule has 1 atom stereocenters. The molecular formula is C20H23FN4O. The standard InChI is InChI=1S/C20H23FN4O/c21-18-7-5-15(6-8-18)17-12-22-20(23-13-17)25-11-3-4-16(14-25)19(26)24-9-1-2-10-24/h5-8,12-13,16H,1-4,9-11,14H2. The van der Waals surface area contributed by atoms with Gasteiger partial charge in [0.05, 0.1) is 5.92 Å². The highest BCUT2D eigenvalue weighted by atomic mass is 19.1. The van der Waals surface area contributed by atoms with Crippen LogP contribution in [0.2, 0.25) is 0 Å². The molecule has 0 saturated carbocycles. The van der Waals surface area contributed by atoms with Crippen molar-refractivity contribution in [1.29, 1.82) is 0 Å².